The van der Waals surface area contributed by atoms with Gasteiger partial charge in [-0.05, 0) is 24.6 Å². The Morgan fingerprint density at radius 1 is 0.967 bits per heavy atom. The fourth-order valence-corrected chi connectivity index (χ4v) is 6.36. The number of ether oxygens (including phenoxy) is 1. The Balaban J connectivity index is 1.90. The van der Waals surface area contributed by atoms with Crippen molar-refractivity contribution in [1.29, 1.82) is 0 Å². The van der Waals surface area contributed by atoms with E-state index >= 15 is 0 Å². The van der Waals surface area contributed by atoms with E-state index in [0.29, 0.717) is 24.1 Å². The molecule has 0 saturated carbocycles. The Morgan fingerprint density at radius 2 is 1.67 bits per heavy atom. The molecule has 7 nitrogen and oxygen atoms in total. The monoisotopic (exact) mass is 422 g/mol. The van der Waals surface area contributed by atoms with Crippen molar-refractivity contribution in [1.82, 2.24) is 0 Å². The molecule has 152 valence electrons. The van der Waals surface area contributed by atoms with Crippen molar-refractivity contribution in [3.63, 3.8) is 0 Å². The van der Waals surface area contributed by atoms with Gasteiger partial charge in [-0.1, -0.05) is 36.4 Å². The molecule has 2 aromatic rings. The molecule has 1 spiro atoms. The molecular weight excluding hydrogens is 404 g/mol. The molecular formula is C22H18N2O5S. The van der Waals surface area contributed by atoms with Gasteiger partial charge in [-0.3, -0.25) is 9.59 Å². The number of hydrogen-bond donors (Lipinski definition) is 2. The van der Waals surface area contributed by atoms with Gasteiger partial charge in [0.15, 0.2) is 5.78 Å². The number of ketones is 1. The first-order valence-electron chi connectivity index (χ1n) is 9.54. The number of nitrogens with one attached hydrogen (secondary N) is 1. The Kier molecular flexibility index (Phi) is 3.91. The second-order valence-electron chi connectivity index (χ2n) is 7.44. The summed E-state index contributed by atoms with van der Waals surface area (Å²) in [5.41, 5.74) is 5.21. The smallest absolute Gasteiger partial charge is 0.245 e. The van der Waals surface area contributed by atoms with E-state index in [1.807, 2.05) is 0 Å². The number of benzene rings is 2. The predicted octanol–water partition coefficient (Wildman–Crippen LogP) is 2.52. The zero-order valence-corrected chi connectivity index (χ0v) is 16.7. The minimum absolute atomic E-state index is 0.0320. The number of sulfone groups is 1. The molecule has 3 aliphatic rings. The van der Waals surface area contributed by atoms with Gasteiger partial charge in [0, 0.05) is 24.1 Å². The molecule has 2 aliphatic heterocycles. The zero-order chi connectivity index (χ0) is 21.1. The molecule has 0 aromatic heterocycles. The largest absolute Gasteiger partial charge is 0.444 e. The Hall–Kier alpha value is -3.39. The number of carbonyl (C=O) groups excluding carboxylic acids is 2. The van der Waals surface area contributed by atoms with Crippen LogP contribution in [-0.2, 0) is 29.6 Å². The number of rotatable bonds is 2. The summed E-state index contributed by atoms with van der Waals surface area (Å²) >= 11 is 0. The van der Waals surface area contributed by atoms with Crippen molar-refractivity contribution in [2.45, 2.75) is 29.6 Å². The molecule has 2 heterocycles. The van der Waals surface area contributed by atoms with Crippen LogP contribution in [0.4, 0.5) is 5.69 Å². The molecule has 0 bridgehead atoms. The third-order valence-corrected chi connectivity index (χ3v) is 7.72. The third kappa shape index (κ3) is 2.28. The molecule has 1 aliphatic carbocycles. The normalized spacial score (nSPS) is 23.2. The molecule has 1 atom stereocenters. The van der Waals surface area contributed by atoms with Crippen LogP contribution >= 0.6 is 0 Å². The Bertz CT molecular complexity index is 1280. The highest BCUT2D eigenvalue weighted by atomic mass is 32.2. The molecule has 5 rings (SSSR count). The van der Waals surface area contributed by atoms with E-state index in [0.717, 1.165) is 0 Å². The van der Waals surface area contributed by atoms with E-state index in [-0.39, 0.29) is 34.3 Å². The van der Waals surface area contributed by atoms with Gasteiger partial charge < -0.3 is 15.8 Å². The summed E-state index contributed by atoms with van der Waals surface area (Å²) in [6, 6.07) is 14.5. The van der Waals surface area contributed by atoms with Gasteiger partial charge in [0.25, 0.3) is 0 Å². The van der Waals surface area contributed by atoms with Gasteiger partial charge in [-0.2, -0.15) is 0 Å². The molecule has 0 radical (unpaired) electrons. The highest BCUT2D eigenvalue weighted by molar-refractivity contribution is 7.95. The molecule has 8 heteroatoms. The van der Waals surface area contributed by atoms with E-state index in [1.165, 1.54) is 12.1 Å². The predicted molar refractivity (Wildman–Crippen MR) is 109 cm³/mol. The number of Topliss-reactive ketones (excluding diaryl/α,β-unsaturated/α-hetero) is 1. The number of carbonyl (C=O) groups is 2. The molecule has 30 heavy (non-hydrogen) atoms. The third-order valence-electron chi connectivity index (χ3n) is 5.78. The van der Waals surface area contributed by atoms with Crippen molar-refractivity contribution in [3.05, 3.63) is 82.3 Å². The van der Waals surface area contributed by atoms with Crippen LogP contribution in [-0.4, -0.2) is 20.1 Å². The van der Waals surface area contributed by atoms with Crippen LogP contribution in [0, 0.1) is 0 Å². The lowest BCUT2D eigenvalue weighted by atomic mass is 9.69. The van der Waals surface area contributed by atoms with Gasteiger partial charge in [0.2, 0.25) is 21.6 Å². The molecule has 2 aromatic carbocycles. The van der Waals surface area contributed by atoms with E-state index in [9.17, 15) is 18.0 Å². The fourth-order valence-electron chi connectivity index (χ4n) is 4.60. The van der Waals surface area contributed by atoms with Crippen molar-refractivity contribution < 1.29 is 22.7 Å². The lowest BCUT2D eigenvalue weighted by molar-refractivity contribution is -0.123. The van der Waals surface area contributed by atoms with Crippen LogP contribution in [0.25, 0.3) is 0 Å². The van der Waals surface area contributed by atoms with Crippen LogP contribution < -0.4 is 11.1 Å². The second kappa shape index (κ2) is 6.30. The topological polar surface area (TPSA) is 116 Å². The standard InChI is InChI=1S/C22H18N2O5S/c23-20-19(30(27,28)13-7-2-1-3-8-13)22(18-16(25)11-6-12-17(18)29-20)14-9-4-5-10-15(14)24-21(22)26/h1-5,7-10H,6,11-12,23H2,(H,24,26). The maximum atomic E-state index is 13.8. The number of anilines is 1. The molecule has 1 amide bonds. The minimum Gasteiger partial charge on any atom is -0.444 e. The average Bonchev–Trinajstić information content (AvgIpc) is 3.00. The highest BCUT2D eigenvalue weighted by Gasteiger charge is 2.62. The van der Waals surface area contributed by atoms with Crippen molar-refractivity contribution in [2.75, 3.05) is 5.32 Å². The molecule has 3 N–H and O–H groups in total. The SMILES string of the molecule is NC1=C(S(=O)(=O)c2ccccc2)C2(C(=O)Nc3ccccc32)C2=C(CCCC2=O)O1. The lowest BCUT2D eigenvalue weighted by Crippen LogP contribution is -2.48. The molecule has 0 fully saturated rings. The first-order valence-corrected chi connectivity index (χ1v) is 11.0. The van der Waals surface area contributed by atoms with Crippen LogP contribution in [0.2, 0.25) is 0 Å². The van der Waals surface area contributed by atoms with E-state index in [2.05, 4.69) is 5.32 Å². The summed E-state index contributed by atoms with van der Waals surface area (Å²) in [6.07, 6.45) is 1.15. The maximum absolute atomic E-state index is 13.8. The summed E-state index contributed by atoms with van der Waals surface area (Å²) in [6.45, 7) is 0. The average molecular weight is 422 g/mol. The summed E-state index contributed by atoms with van der Waals surface area (Å²) in [4.78, 5) is 26.2. The first-order chi connectivity index (χ1) is 14.4. The van der Waals surface area contributed by atoms with Gasteiger partial charge in [0.1, 0.15) is 16.1 Å². The molecule has 0 saturated heterocycles. The quantitative estimate of drug-likeness (QED) is 0.768. The van der Waals surface area contributed by atoms with Crippen LogP contribution in [0.1, 0.15) is 24.8 Å². The highest BCUT2D eigenvalue weighted by Crippen LogP contribution is 2.56. The number of hydrogen-bond acceptors (Lipinski definition) is 6. The number of fused-ring (bicyclic) bond motifs is 3. The summed E-state index contributed by atoms with van der Waals surface area (Å²) in [5.74, 6) is -1.04. The summed E-state index contributed by atoms with van der Waals surface area (Å²) in [7, 11) is -4.27. The molecule has 1 unspecified atom stereocenters. The number of amides is 1. The Labute approximate surface area is 173 Å². The lowest BCUT2D eigenvalue weighted by Gasteiger charge is -2.38. The van der Waals surface area contributed by atoms with E-state index in [1.54, 1.807) is 42.5 Å². The van der Waals surface area contributed by atoms with Gasteiger partial charge in [0.05, 0.1) is 10.5 Å². The van der Waals surface area contributed by atoms with Gasteiger partial charge in [-0.15, -0.1) is 0 Å². The van der Waals surface area contributed by atoms with Crippen LogP contribution in [0.15, 0.2) is 81.6 Å². The number of allylic oxidation sites excluding steroid dienone is 1. The van der Waals surface area contributed by atoms with Crippen molar-refractivity contribution >= 4 is 27.2 Å². The van der Waals surface area contributed by atoms with Crippen LogP contribution in [0.5, 0.6) is 0 Å². The number of nitrogens with two attached hydrogens (primary N) is 1. The Morgan fingerprint density at radius 3 is 2.43 bits per heavy atom. The first kappa shape index (κ1) is 18.6. The second-order valence-corrected chi connectivity index (χ2v) is 9.32. The minimum atomic E-state index is -4.27. The van der Waals surface area contributed by atoms with Crippen molar-refractivity contribution in [2.24, 2.45) is 5.73 Å². The summed E-state index contributed by atoms with van der Waals surface area (Å²) in [5, 5.41) is 2.75. The van der Waals surface area contributed by atoms with E-state index in [4.69, 9.17) is 10.5 Å². The van der Waals surface area contributed by atoms with Gasteiger partial charge in [-0.25, -0.2) is 8.42 Å². The van der Waals surface area contributed by atoms with E-state index < -0.39 is 26.1 Å². The van der Waals surface area contributed by atoms with Crippen molar-refractivity contribution in [3.8, 4) is 0 Å². The van der Waals surface area contributed by atoms with Gasteiger partial charge >= 0.3 is 0 Å². The maximum Gasteiger partial charge on any atom is 0.245 e. The summed E-state index contributed by atoms with van der Waals surface area (Å²) < 4.78 is 33.2. The zero-order valence-electron chi connectivity index (χ0n) is 15.8. The fraction of sp³-hybridized carbons (Fsp3) is 0.182. The number of para-hydroxylation sites is 1. The van der Waals surface area contributed by atoms with Crippen LogP contribution in [0.3, 0.4) is 0 Å².